The number of hydrogen-bond acceptors (Lipinski definition) is 3. The predicted octanol–water partition coefficient (Wildman–Crippen LogP) is 1.38. The van der Waals surface area contributed by atoms with Gasteiger partial charge in [-0.15, -0.1) is 0 Å². The summed E-state index contributed by atoms with van der Waals surface area (Å²) in [5.41, 5.74) is 0. The van der Waals surface area contributed by atoms with Crippen LogP contribution in [-0.2, 0) is 0 Å². The van der Waals surface area contributed by atoms with Crippen LogP contribution in [0.25, 0.3) is 0 Å². The van der Waals surface area contributed by atoms with Crippen LogP contribution >= 0.6 is 11.9 Å². The molecule has 0 unspecified atom stereocenters. The molecular weight excluding hydrogens is 156 g/mol. The van der Waals surface area contributed by atoms with E-state index in [0.717, 1.165) is 6.04 Å². The molecule has 1 saturated heterocycles. The lowest BCUT2D eigenvalue weighted by molar-refractivity contribution is 0.439. The van der Waals surface area contributed by atoms with Crippen molar-refractivity contribution in [1.29, 1.82) is 0 Å². The smallest absolute Gasteiger partial charge is 0.0196 e. The van der Waals surface area contributed by atoms with Crippen molar-refractivity contribution in [3.63, 3.8) is 0 Å². The second kappa shape index (κ2) is 5.01. The maximum Gasteiger partial charge on any atom is 0.0196 e. The molecule has 0 atom stereocenters. The van der Waals surface area contributed by atoms with E-state index in [1.54, 1.807) is 0 Å². The Morgan fingerprint density at radius 2 is 2.00 bits per heavy atom. The molecule has 1 aliphatic heterocycles. The normalized spacial score (nSPS) is 21.0. The summed E-state index contributed by atoms with van der Waals surface area (Å²) in [5.74, 6) is 0. The van der Waals surface area contributed by atoms with E-state index < -0.39 is 0 Å². The van der Waals surface area contributed by atoms with Gasteiger partial charge >= 0.3 is 0 Å². The van der Waals surface area contributed by atoms with E-state index in [2.05, 4.69) is 23.9 Å². The summed E-state index contributed by atoms with van der Waals surface area (Å²) in [4.78, 5) is 0. The number of piperidine rings is 1. The third-order valence-electron chi connectivity index (χ3n) is 1.81. The van der Waals surface area contributed by atoms with Crippen LogP contribution in [0.4, 0.5) is 0 Å². The Kier molecular flexibility index (Phi) is 4.26. The minimum absolute atomic E-state index is 0.699. The van der Waals surface area contributed by atoms with Gasteiger partial charge < -0.3 is 5.32 Å². The van der Waals surface area contributed by atoms with Crippen LogP contribution in [0, 0.1) is 0 Å². The van der Waals surface area contributed by atoms with Crippen molar-refractivity contribution in [2.75, 3.05) is 13.1 Å². The number of nitrogens with one attached hydrogen (secondary N) is 2. The fourth-order valence-corrected chi connectivity index (χ4v) is 1.87. The molecule has 66 valence electrons. The molecule has 1 aliphatic rings. The summed E-state index contributed by atoms with van der Waals surface area (Å²) in [6, 6.07) is 0.739. The summed E-state index contributed by atoms with van der Waals surface area (Å²) in [6.07, 6.45) is 2.56. The average Bonchev–Trinajstić information content (AvgIpc) is 2.03. The van der Waals surface area contributed by atoms with Crippen LogP contribution in [0.5, 0.6) is 0 Å². The van der Waals surface area contributed by atoms with Crippen LogP contribution in [0.3, 0.4) is 0 Å². The molecule has 3 heteroatoms. The van der Waals surface area contributed by atoms with E-state index in [1.807, 2.05) is 11.9 Å². The molecule has 1 rings (SSSR count). The largest absolute Gasteiger partial charge is 0.317 e. The Hall–Kier alpha value is 0.270. The SMILES string of the molecule is CC(C)SNC1CCNCC1. The molecule has 0 amide bonds. The number of hydrogen-bond donors (Lipinski definition) is 2. The van der Waals surface area contributed by atoms with E-state index >= 15 is 0 Å². The van der Waals surface area contributed by atoms with Crippen LogP contribution < -0.4 is 10.0 Å². The van der Waals surface area contributed by atoms with E-state index in [9.17, 15) is 0 Å². The van der Waals surface area contributed by atoms with Crippen molar-refractivity contribution in [2.24, 2.45) is 0 Å². The lowest BCUT2D eigenvalue weighted by Crippen LogP contribution is -2.37. The first kappa shape index (κ1) is 9.36. The highest BCUT2D eigenvalue weighted by Gasteiger charge is 2.12. The number of rotatable bonds is 3. The Bertz CT molecular complexity index is 100. The molecule has 0 aliphatic carbocycles. The first-order chi connectivity index (χ1) is 5.29. The molecule has 0 bridgehead atoms. The molecule has 1 heterocycles. The lowest BCUT2D eigenvalue weighted by atomic mass is 10.1. The lowest BCUT2D eigenvalue weighted by Gasteiger charge is -2.23. The van der Waals surface area contributed by atoms with E-state index in [0.29, 0.717) is 5.25 Å². The van der Waals surface area contributed by atoms with Gasteiger partial charge in [-0.1, -0.05) is 25.8 Å². The molecular formula is C8H18N2S. The second-order valence-corrected chi connectivity index (χ2v) is 4.72. The van der Waals surface area contributed by atoms with Crippen LogP contribution in [0.2, 0.25) is 0 Å². The average molecular weight is 174 g/mol. The van der Waals surface area contributed by atoms with Gasteiger partial charge in [-0.05, 0) is 25.9 Å². The standard InChI is InChI=1S/C8H18N2S/c1-7(2)11-10-8-3-5-9-6-4-8/h7-10H,3-6H2,1-2H3. The Labute approximate surface area is 73.6 Å². The predicted molar refractivity (Wildman–Crippen MR) is 51.8 cm³/mol. The molecule has 0 saturated carbocycles. The zero-order chi connectivity index (χ0) is 8.10. The van der Waals surface area contributed by atoms with Gasteiger partial charge in [0.2, 0.25) is 0 Å². The fraction of sp³-hybridized carbons (Fsp3) is 1.00. The zero-order valence-electron chi connectivity index (χ0n) is 7.39. The van der Waals surface area contributed by atoms with Crippen LogP contribution in [-0.4, -0.2) is 24.4 Å². The van der Waals surface area contributed by atoms with Gasteiger partial charge in [0.05, 0.1) is 0 Å². The van der Waals surface area contributed by atoms with Gasteiger partial charge in [-0.3, -0.25) is 4.72 Å². The van der Waals surface area contributed by atoms with E-state index in [-0.39, 0.29) is 0 Å². The van der Waals surface area contributed by atoms with Crippen molar-refractivity contribution in [2.45, 2.75) is 38.0 Å². The molecule has 0 radical (unpaired) electrons. The molecule has 2 nitrogen and oxygen atoms in total. The van der Waals surface area contributed by atoms with Gasteiger partial charge in [0.25, 0.3) is 0 Å². The zero-order valence-corrected chi connectivity index (χ0v) is 8.21. The molecule has 0 spiro atoms. The van der Waals surface area contributed by atoms with E-state index in [4.69, 9.17) is 0 Å². The molecule has 0 aromatic rings. The van der Waals surface area contributed by atoms with Crippen LogP contribution in [0.15, 0.2) is 0 Å². The van der Waals surface area contributed by atoms with Gasteiger partial charge in [-0.2, -0.15) is 0 Å². The van der Waals surface area contributed by atoms with E-state index in [1.165, 1.54) is 25.9 Å². The topological polar surface area (TPSA) is 24.1 Å². The summed E-state index contributed by atoms with van der Waals surface area (Å²) in [7, 11) is 0. The first-order valence-corrected chi connectivity index (χ1v) is 5.29. The Morgan fingerprint density at radius 1 is 1.36 bits per heavy atom. The highest BCUT2D eigenvalue weighted by molar-refractivity contribution is 7.98. The van der Waals surface area contributed by atoms with Crippen molar-refractivity contribution in [3.8, 4) is 0 Å². The van der Waals surface area contributed by atoms with Gasteiger partial charge in [-0.25, -0.2) is 0 Å². The van der Waals surface area contributed by atoms with Crippen molar-refractivity contribution in [3.05, 3.63) is 0 Å². The van der Waals surface area contributed by atoms with Gasteiger partial charge in [0.15, 0.2) is 0 Å². The Balaban J connectivity index is 2.05. The minimum atomic E-state index is 0.699. The van der Waals surface area contributed by atoms with Crippen molar-refractivity contribution >= 4 is 11.9 Å². The van der Waals surface area contributed by atoms with Crippen molar-refractivity contribution in [1.82, 2.24) is 10.0 Å². The first-order valence-electron chi connectivity index (χ1n) is 4.41. The Morgan fingerprint density at radius 3 is 2.55 bits per heavy atom. The summed E-state index contributed by atoms with van der Waals surface area (Å²) >= 11 is 1.86. The molecule has 0 aromatic heterocycles. The molecule has 1 fully saturated rings. The molecule has 2 N–H and O–H groups in total. The maximum absolute atomic E-state index is 3.50. The van der Waals surface area contributed by atoms with Gasteiger partial charge in [0.1, 0.15) is 0 Å². The summed E-state index contributed by atoms with van der Waals surface area (Å²) in [5, 5.41) is 4.05. The maximum atomic E-state index is 3.50. The third-order valence-corrected chi connectivity index (χ3v) is 2.75. The van der Waals surface area contributed by atoms with Crippen LogP contribution in [0.1, 0.15) is 26.7 Å². The molecule has 0 aromatic carbocycles. The highest BCUT2D eigenvalue weighted by atomic mass is 32.2. The van der Waals surface area contributed by atoms with Crippen molar-refractivity contribution < 1.29 is 0 Å². The fourth-order valence-electron chi connectivity index (χ4n) is 1.17. The monoisotopic (exact) mass is 174 g/mol. The minimum Gasteiger partial charge on any atom is -0.317 e. The van der Waals surface area contributed by atoms with Gasteiger partial charge in [0, 0.05) is 11.3 Å². The quantitative estimate of drug-likeness (QED) is 0.632. The summed E-state index contributed by atoms with van der Waals surface area (Å²) in [6.45, 7) is 6.80. The molecule has 11 heavy (non-hydrogen) atoms. The second-order valence-electron chi connectivity index (χ2n) is 3.31. The third kappa shape index (κ3) is 3.99. The highest BCUT2D eigenvalue weighted by Crippen LogP contribution is 2.10. The summed E-state index contributed by atoms with van der Waals surface area (Å²) < 4.78 is 3.50.